The smallest absolute Gasteiger partial charge is 0.162 e. The van der Waals surface area contributed by atoms with E-state index in [1.165, 1.54) is 11.3 Å². The largest absolute Gasteiger partial charge is 0.486 e. The van der Waals surface area contributed by atoms with E-state index in [0.29, 0.717) is 18.9 Å². The lowest BCUT2D eigenvalue weighted by molar-refractivity contribution is 0.171. The molecule has 2 aromatic rings. The maximum Gasteiger partial charge on any atom is 0.162 e. The fourth-order valence-electron chi connectivity index (χ4n) is 1.92. The molecule has 0 aliphatic carbocycles. The summed E-state index contributed by atoms with van der Waals surface area (Å²) in [5.41, 5.74) is 2.83. The van der Waals surface area contributed by atoms with Crippen molar-refractivity contribution in [3.8, 4) is 22.1 Å². The van der Waals surface area contributed by atoms with E-state index < -0.39 is 0 Å². The summed E-state index contributed by atoms with van der Waals surface area (Å²) >= 11 is 1.52. The van der Waals surface area contributed by atoms with E-state index in [1.54, 1.807) is 0 Å². The van der Waals surface area contributed by atoms with Crippen LogP contribution < -0.4 is 9.47 Å². The van der Waals surface area contributed by atoms with Crippen molar-refractivity contribution in [2.24, 2.45) is 0 Å². The molecular weight excluding hydrogens is 250 g/mol. The van der Waals surface area contributed by atoms with Crippen LogP contribution in [0, 0.1) is 6.92 Å². The fourth-order valence-corrected chi connectivity index (χ4v) is 2.82. The Morgan fingerprint density at radius 1 is 1.28 bits per heavy atom. The predicted molar refractivity (Wildman–Crippen MR) is 69.2 cm³/mol. The topological polar surface area (TPSA) is 51.6 Å². The summed E-state index contributed by atoms with van der Waals surface area (Å²) in [6.45, 7) is 3.17. The van der Waals surface area contributed by atoms with Crippen LogP contribution in [0.1, 0.15) is 11.3 Å². The number of fused-ring (bicyclic) bond motifs is 1. The molecule has 0 bridgehead atoms. The number of nitrogens with zero attached hydrogens (tertiary/aromatic N) is 1. The number of aliphatic hydroxyl groups excluding tert-OH is 1. The van der Waals surface area contributed by atoms with Crippen LogP contribution in [-0.4, -0.2) is 23.3 Å². The van der Waals surface area contributed by atoms with E-state index in [9.17, 15) is 0 Å². The third-order valence-corrected chi connectivity index (χ3v) is 3.76. The molecule has 0 saturated heterocycles. The average Bonchev–Trinajstić information content (AvgIpc) is 2.86. The first kappa shape index (κ1) is 11.5. The van der Waals surface area contributed by atoms with Crippen LogP contribution >= 0.6 is 11.3 Å². The molecule has 3 rings (SSSR count). The molecule has 5 heteroatoms. The quantitative estimate of drug-likeness (QED) is 0.903. The SMILES string of the molecule is Cc1cc2c(cc1-c1nc(CO)cs1)OCCO2. The Labute approximate surface area is 109 Å². The van der Waals surface area contributed by atoms with Gasteiger partial charge in [0, 0.05) is 10.9 Å². The molecule has 0 amide bonds. The van der Waals surface area contributed by atoms with Crippen molar-refractivity contribution in [2.75, 3.05) is 13.2 Å². The van der Waals surface area contributed by atoms with E-state index in [4.69, 9.17) is 14.6 Å². The fraction of sp³-hybridized carbons (Fsp3) is 0.308. The van der Waals surface area contributed by atoms with Crippen LogP contribution in [-0.2, 0) is 6.61 Å². The third-order valence-electron chi connectivity index (χ3n) is 2.83. The van der Waals surface area contributed by atoms with Gasteiger partial charge in [-0.05, 0) is 24.6 Å². The number of aromatic nitrogens is 1. The summed E-state index contributed by atoms with van der Waals surface area (Å²) in [5.74, 6) is 1.56. The Bertz CT molecular complexity index is 580. The summed E-state index contributed by atoms with van der Waals surface area (Å²) in [4.78, 5) is 4.38. The van der Waals surface area contributed by atoms with Gasteiger partial charge in [-0.25, -0.2) is 4.98 Å². The van der Waals surface area contributed by atoms with Gasteiger partial charge in [-0.2, -0.15) is 0 Å². The maximum absolute atomic E-state index is 9.06. The van der Waals surface area contributed by atoms with Gasteiger partial charge in [0.1, 0.15) is 18.2 Å². The van der Waals surface area contributed by atoms with Crippen molar-refractivity contribution in [1.82, 2.24) is 4.98 Å². The molecule has 2 heterocycles. The number of thiazole rings is 1. The number of ether oxygens (including phenoxy) is 2. The maximum atomic E-state index is 9.06. The van der Waals surface area contributed by atoms with Crippen LogP contribution in [0.5, 0.6) is 11.5 Å². The summed E-state index contributed by atoms with van der Waals surface area (Å²) in [6.07, 6.45) is 0. The van der Waals surface area contributed by atoms with Gasteiger partial charge >= 0.3 is 0 Å². The van der Waals surface area contributed by atoms with Gasteiger partial charge in [0.2, 0.25) is 0 Å². The molecule has 0 fully saturated rings. The molecule has 0 spiro atoms. The first-order valence-corrected chi connectivity index (χ1v) is 6.62. The van der Waals surface area contributed by atoms with Gasteiger partial charge in [0.25, 0.3) is 0 Å². The zero-order chi connectivity index (χ0) is 12.5. The van der Waals surface area contributed by atoms with Crippen molar-refractivity contribution in [2.45, 2.75) is 13.5 Å². The Balaban J connectivity index is 2.06. The molecule has 1 aromatic carbocycles. The second-order valence-electron chi connectivity index (χ2n) is 4.11. The second-order valence-corrected chi connectivity index (χ2v) is 4.97. The molecule has 1 N–H and O–H groups in total. The van der Waals surface area contributed by atoms with Crippen molar-refractivity contribution in [3.63, 3.8) is 0 Å². The highest BCUT2D eigenvalue weighted by atomic mass is 32.1. The third kappa shape index (κ3) is 1.95. The summed E-state index contributed by atoms with van der Waals surface area (Å²) in [6, 6.07) is 3.94. The minimum absolute atomic E-state index is 0.0277. The monoisotopic (exact) mass is 263 g/mol. The van der Waals surface area contributed by atoms with E-state index in [0.717, 1.165) is 27.6 Å². The van der Waals surface area contributed by atoms with Crippen molar-refractivity contribution >= 4 is 11.3 Å². The summed E-state index contributed by atoms with van der Waals surface area (Å²) in [5, 5.41) is 11.8. The number of hydrogen-bond donors (Lipinski definition) is 1. The first-order chi connectivity index (χ1) is 8.78. The molecule has 0 unspecified atom stereocenters. The lowest BCUT2D eigenvalue weighted by atomic mass is 10.1. The minimum atomic E-state index is -0.0277. The van der Waals surface area contributed by atoms with Gasteiger partial charge in [0.05, 0.1) is 12.3 Å². The van der Waals surface area contributed by atoms with Crippen LogP contribution in [0.15, 0.2) is 17.5 Å². The van der Waals surface area contributed by atoms with Crippen molar-refractivity contribution in [1.29, 1.82) is 0 Å². The Hall–Kier alpha value is -1.59. The molecule has 0 atom stereocenters. The van der Waals surface area contributed by atoms with Gasteiger partial charge in [-0.15, -0.1) is 11.3 Å². The van der Waals surface area contributed by atoms with Crippen LogP contribution in [0.2, 0.25) is 0 Å². The van der Waals surface area contributed by atoms with E-state index in [2.05, 4.69) is 4.98 Å². The zero-order valence-electron chi connectivity index (χ0n) is 9.97. The standard InChI is InChI=1S/C13H13NO3S/c1-8-4-11-12(17-3-2-16-11)5-10(8)13-14-9(6-15)7-18-13/h4-5,7,15H,2-3,6H2,1H3. The number of aliphatic hydroxyl groups is 1. The van der Waals surface area contributed by atoms with Gasteiger partial charge in [-0.1, -0.05) is 0 Å². The van der Waals surface area contributed by atoms with Gasteiger partial charge < -0.3 is 14.6 Å². The number of rotatable bonds is 2. The summed E-state index contributed by atoms with van der Waals surface area (Å²) in [7, 11) is 0. The number of hydrogen-bond acceptors (Lipinski definition) is 5. The van der Waals surface area contributed by atoms with Crippen LogP contribution in [0.4, 0.5) is 0 Å². The predicted octanol–water partition coefficient (Wildman–Crippen LogP) is 2.38. The average molecular weight is 263 g/mol. The highest BCUT2D eigenvalue weighted by Crippen LogP contribution is 2.38. The van der Waals surface area contributed by atoms with Crippen LogP contribution in [0.3, 0.4) is 0 Å². The normalized spacial score (nSPS) is 13.7. The lowest BCUT2D eigenvalue weighted by Gasteiger charge is -2.19. The Morgan fingerprint density at radius 2 is 2.00 bits per heavy atom. The first-order valence-electron chi connectivity index (χ1n) is 5.74. The molecule has 94 valence electrons. The molecule has 1 aromatic heterocycles. The minimum Gasteiger partial charge on any atom is -0.486 e. The zero-order valence-corrected chi connectivity index (χ0v) is 10.8. The molecule has 1 aliphatic heterocycles. The molecule has 0 saturated carbocycles. The van der Waals surface area contributed by atoms with Crippen molar-refractivity contribution < 1.29 is 14.6 Å². The van der Waals surface area contributed by atoms with Gasteiger partial charge in [0.15, 0.2) is 11.5 Å². The molecule has 0 radical (unpaired) electrons. The highest BCUT2D eigenvalue weighted by molar-refractivity contribution is 7.13. The van der Waals surface area contributed by atoms with E-state index in [1.807, 2.05) is 24.4 Å². The number of benzene rings is 1. The Morgan fingerprint density at radius 3 is 2.67 bits per heavy atom. The molecule has 18 heavy (non-hydrogen) atoms. The molecular formula is C13H13NO3S. The second kappa shape index (κ2) is 4.59. The summed E-state index contributed by atoms with van der Waals surface area (Å²) < 4.78 is 11.1. The Kier molecular flexibility index (Phi) is 2.93. The highest BCUT2D eigenvalue weighted by Gasteiger charge is 2.16. The molecule has 1 aliphatic rings. The van der Waals surface area contributed by atoms with E-state index >= 15 is 0 Å². The van der Waals surface area contributed by atoms with Crippen molar-refractivity contribution in [3.05, 3.63) is 28.8 Å². The lowest BCUT2D eigenvalue weighted by Crippen LogP contribution is -2.15. The van der Waals surface area contributed by atoms with Gasteiger partial charge in [-0.3, -0.25) is 0 Å². The van der Waals surface area contributed by atoms with Crippen LogP contribution in [0.25, 0.3) is 10.6 Å². The molecule has 4 nitrogen and oxygen atoms in total. The van der Waals surface area contributed by atoms with E-state index in [-0.39, 0.29) is 6.61 Å². The number of aryl methyl sites for hydroxylation is 1.